The molecule has 5 aromatic rings. The van der Waals surface area contributed by atoms with Crippen LogP contribution < -0.4 is 10.9 Å². The molecule has 1 aromatic carbocycles. The molecular formula is C22H16ClN5O3. The van der Waals surface area contributed by atoms with Gasteiger partial charge in [-0.25, -0.2) is 9.50 Å². The number of halogens is 1. The Morgan fingerprint density at radius 3 is 2.71 bits per heavy atom. The number of amides is 1. The van der Waals surface area contributed by atoms with Gasteiger partial charge in [0.2, 0.25) is 5.91 Å². The average Bonchev–Trinajstić information content (AvgIpc) is 3.46. The van der Waals surface area contributed by atoms with Crippen molar-refractivity contribution in [3.05, 3.63) is 88.0 Å². The highest BCUT2D eigenvalue weighted by Gasteiger charge is 2.17. The quantitative estimate of drug-likeness (QED) is 0.459. The highest BCUT2D eigenvalue weighted by molar-refractivity contribution is 6.30. The Labute approximate surface area is 180 Å². The number of hydrogen-bond donors (Lipinski definition) is 1. The van der Waals surface area contributed by atoms with Crippen molar-refractivity contribution in [3.63, 3.8) is 0 Å². The summed E-state index contributed by atoms with van der Waals surface area (Å²) in [7, 11) is 0. The minimum absolute atomic E-state index is 0.146. The molecule has 0 atom stereocenters. The maximum absolute atomic E-state index is 13.2. The first kappa shape index (κ1) is 19.1. The zero-order valence-electron chi connectivity index (χ0n) is 16.2. The maximum atomic E-state index is 13.2. The third-order valence-corrected chi connectivity index (χ3v) is 5.16. The van der Waals surface area contributed by atoms with E-state index in [1.807, 2.05) is 12.1 Å². The van der Waals surface area contributed by atoms with Crippen molar-refractivity contribution in [2.24, 2.45) is 0 Å². The third-order valence-electron chi connectivity index (χ3n) is 4.91. The molecule has 0 spiro atoms. The molecule has 31 heavy (non-hydrogen) atoms. The Kier molecular flexibility index (Phi) is 4.76. The van der Waals surface area contributed by atoms with Crippen molar-refractivity contribution < 1.29 is 9.21 Å². The van der Waals surface area contributed by atoms with Crippen molar-refractivity contribution in [2.45, 2.75) is 13.1 Å². The molecule has 4 aromatic heterocycles. The molecule has 8 nitrogen and oxygen atoms in total. The van der Waals surface area contributed by atoms with Gasteiger partial charge in [-0.15, -0.1) is 0 Å². The zero-order chi connectivity index (χ0) is 21.4. The Morgan fingerprint density at radius 2 is 1.94 bits per heavy atom. The van der Waals surface area contributed by atoms with E-state index in [4.69, 9.17) is 16.0 Å². The predicted molar refractivity (Wildman–Crippen MR) is 116 cm³/mol. The van der Waals surface area contributed by atoms with E-state index in [-0.39, 0.29) is 18.0 Å². The molecule has 9 heteroatoms. The van der Waals surface area contributed by atoms with Gasteiger partial charge in [0.15, 0.2) is 11.4 Å². The van der Waals surface area contributed by atoms with Crippen LogP contribution in [0, 0.1) is 0 Å². The summed E-state index contributed by atoms with van der Waals surface area (Å²) < 4.78 is 8.29. The van der Waals surface area contributed by atoms with Gasteiger partial charge in [-0.3, -0.25) is 14.2 Å². The first-order valence-electron chi connectivity index (χ1n) is 9.52. The number of benzene rings is 1. The lowest BCUT2D eigenvalue weighted by molar-refractivity contribution is -0.121. The minimum Gasteiger partial charge on any atom is -0.463 e. The van der Waals surface area contributed by atoms with E-state index in [0.29, 0.717) is 39.7 Å². The van der Waals surface area contributed by atoms with Crippen LogP contribution in [0.3, 0.4) is 0 Å². The predicted octanol–water partition coefficient (Wildman–Crippen LogP) is 3.27. The standard InChI is InChI=1S/C22H16ClN5O3/c23-15-7-5-14(6-8-15)12-25-20(29)13-27-17-3-1-9-24-21(17)28-18(22(27)30)11-16(26-28)19-4-2-10-31-19/h1-11H,12-13H2,(H,25,29). The first-order valence-corrected chi connectivity index (χ1v) is 9.90. The van der Waals surface area contributed by atoms with Gasteiger partial charge in [-0.1, -0.05) is 23.7 Å². The van der Waals surface area contributed by atoms with Crippen LogP contribution in [0.2, 0.25) is 5.02 Å². The molecule has 0 fully saturated rings. The molecule has 0 bridgehead atoms. The van der Waals surface area contributed by atoms with E-state index in [1.54, 1.807) is 54.9 Å². The summed E-state index contributed by atoms with van der Waals surface area (Å²) in [6.07, 6.45) is 3.16. The van der Waals surface area contributed by atoms with Crippen molar-refractivity contribution >= 4 is 34.2 Å². The molecule has 1 amide bonds. The first-order chi connectivity index (χ1) is 15.1. The van der Waals surface area contributed by atoms with E-state index in [0.717, 1.165) is 5.56 Å². The fourth-order valence-electron chi connectivity index (χ4n) is 3.41. The van der Waals surface area contributed by atoms with Crippen molar-refractivity contribution in [3.8, 4) is 11.5 Å². The fourth-order valence-corrected chi connectivity index (χ4v) is 3.54. The second kappa shape index (κ2) is 7.73. The normalized spacial score (nSPS) is 11.3. The Bertz CT molecular complexity index is 1450. The Hall–Kier alpha value is -3.91. The van der Waals surface area contributed by atoms with Crippen LogP contribution in [0.5, 0.6) is 0 Å². The van der Waals surface area contributed by atoms with Gasteiger partial charge >= 0.3 is 0 Å². The molecule has 0 saturated heterocycles. The number of pyridine rings is 1. The van der Waals surface area contributed by atoms with Crippen LogP contribution >= 0.6 is 11.6 Å². The lowest BCUT2D eigenvalue weighted by Crippen LogP contribution is -2.33. The summed E-state index contributed by atoms with van der Waals surface area (Å²) in [5.41, 5.74) is 2.37. The Balaban J connectivity index is 1.51. The topological polar surface area (TPSA) is 94.4 Å². The molecule has 0 aliphatic heterocycles. The number of nitrogens with one attached hydrogen (secondary N) is 1. The van der Waals surface area contributed by atoms with Crippen LogP contribution in [-0.4, -0.2) is 25.1 Å². The van der Waals surface area contributed by atoms with Crippen molar-refractivity contribution in [1.29, 1.82) is 0 Å². The summed E-state index contributed by atoms with van der Waals surface area (Å²) in [6.45, 7) is 0.185. The van der Waals surface area contributed by atoms with E-state index < -0.39 is 0 Å². The van der Waals surface area contributed by atoms with Crippen molar-refractivity contribution in [1.82, 2.24) is 24.5 Å². The number of aromatic nitrogens is 4. The molecule has 0 unspecified atom stereocenters. The molecule has 4 heterocycles. The Morgan fingerprint density at radius 1 is 1.10 bits per heavy atom. The minimum atomic E-state index is -0.340. The van der Waals surface area contributed by atoms with Gasteiger partial charge in [-0.05, 0) is 42.0 Å². The second-order valence-corrected chi connectivity index (χ2v) is 7.38. The molecule has 0 aliphatic rings. The van der Waals surface area contributed by atoms with Crippen molar-refractivity contribution in [2.75, 3.05) is 0 Å². The number of rotatable bonds is 5. The average molecular weight is 434 g/mol. The van der Waals surface area contributed by atoms with Gasteiger partial charge < -0.3 is 9.73 Å². The number of nitrogens with zero attached hydrogens (tertiary/aromatic N) is 4. The van der Waals surface area contributed by atoms with E-state index >= 15 is 0 Å². The van der Waals surface area contributed by atoms with Gasteiger partial charge in [0.1, 0.15) is 17.8 Å². The molecule has 0 radical (unpaired) electrons. The molecule has 0 aliphatic carbocycles. The van der Waals surface area contributed by atoms with E-state index in [1.165, 1.54) is 9.08 Å². The molecule has 0 saturated carbocycles. The molecular weight excluding hydrogens is 418 g/mol. The highest BCUT2D eigenvalue weighted by Crippen LogP contribution is 2.21. The summed E-state index contributed by atoms with van der Waals surface area (Å²) in [4.78, 5) is 30.2. The molecule has 154 valence electrons. The van der Waals surface area contributed by atoms with Gasteiger partial charge in [0.05, 0.1) is 11.8 Å². The number of carbonyl (C=O) groups excluding carboxylic acids is 1. The van der Waals surface area contributed by atoms with Crippen LogP contribution in [0.4, 0.5) is 0 Å². The zero-order valence-corrected chi connectivity index (χ0v) is 16.9. The van der Waals surface area contributed by atoms with Gasteiger partial charge in [0.25, 0.3) is 5.56 Å². The summed E-state index contributed by atoms with van der Waals surface area (Å²) in [5, 5.41) is 7.95. The number of fused-ring (bicyclic) bond motifs is 3. The van der Waals surface area contributed by atoms with Crippen LogP contribution in [-0.2, 0) is 17.9 Å². The largest absolute Gasteiger partial charge is 0.463 e. The molecule has 1 N–H and O–H groups in total. The number of furan rings is 1. The van der Waals surface area contributed by atoms with Crippen LogP contribution in [0.1, 0.15) is 5.56 Å². The number of carbonyl (C=O) groups is 1. The third kappa shape index (κ3) is 3.57. The smallest absolute Gasteiger partial charge is 0.277 e. The monoisotopic (exact) mass is 433 g/mol. The SMILES string of the molecule is O=C(Cn1c(=O)c2cc(-c3ccco3)nn2c2ncccc21)NCc1ccc(Cl)cc1. The van der Waals surface area contributed by atoms with Gasteiger partial charge in [0, 0.05) is 23.8 Å². The van der Waals surface area contributed by atoms with Crippen LogP contribution in [0.15, 0.2) is 76.3 Å². The molecule has 5 rings (SSSR count). The summed E-state index contributed by atoms with van der Waals surface area (Å²) >= 11 is 5.89. The van der Waals surface area contributed by atoms with Crippen LogP contribution in [0.25, 0.3) is 28.1 Å². The fraction of sp³-hybridized carbons (Fsp3) is 0.0909. The number of hydrogen-bond acceptors (Lipinski definition) is 5. The maximum Gasteiger partial charge on any atom is 0.277 e. The summed E-state index contributed by atoms with van der Waals surface area (Å²) in [5.74, 6) is 0.247. The summed E-state index contributed by atoms with van der Waals surface area (Å²) in [6, 6.07) is 15.8. The van der Waals surface area contributed by atoms with E-state index in [2.05, 4.69) is 15.4 Å². The van der Waals surface area contributed by atoms with Gasteiger partial charge in [-0.2, -0.15) is 5.10 Å². The van der Waals surface area contributed by atoms with E-state index in [9.17, 15) is 9.59 Å². The lowest BCUT2D eigenvalue weighted by atomic mass is 10.2. The second-order valence-electron chi connectivity index (χ2n) is 6.94. The highest BCUT2D eigenvalue weighted by atomic mass is 35.5. The lowest BCUT2D eigenvalue weighted by Gasteiger charge is -2.11.